The quantitative estimate of drug-likeness (QED) is 0.820. The second kappa shape index (κ2) is 7.41. The topological polar surface area (TPSA) is 28.2 Å². The fourth-order valence-corrected chi connectivity index (χ4v) is 3.13. The minimum Gasteiger partial charge on any atom is -0.318 e. The molecule has 2 aromatic rings. The highest BCUT2D eigenvalue weighted by Crippen LogP contribution is 2.31. The van der Waals surface area contributed by atoms with Crippen LogP contribution in [-0.2, 0) is 0 Å². The predicted molar refractivity (Wildman–Crippen MR) is 87.9 cm³/mol. The van der Waals surface area contributed by atoms with Crippen molar-refractivity contribution in [2.75, 3.05) is 18.0 Å². The summed E-state index contributed by atoms with van der Waals surface area (Å²) in [5.74, 6) is 0. The Morgan fingerprint density at radius 2 is 2.00 bits per heavy atom. The van der Waals surface area contributed by atoms with Gasteiger partial charge in [0, 0.05) is 29.3 Å². The first-order valence-corrected chi connectivity index (χ1v) is 8.09. The smallest absolute Gasteiger partial charge is 0.190 e. The highest BCUT2D eigenvalue weighted by molar-refractivity contribution is 7.15. The van der Waals surface area contributed by atoms with E-state index in [9.17, 15) is 0 Å². The number of hydrogen-bond donors (Lipinski definition) is 1. The first-order chi connectivity index (χ1) is 9.76. The number of anilines is 2. The lowest BCUT2D eigenvalue weighted by molar-refractivity contribution is 0.577. The molecule has 1 atom stereocenters. The van der Waals surface area contributed by atoms with Crippen LogP contribution in [0.4, 0.5) is 10.8 Å². The summed E-state index contributed by atoms with van der Waals surface area (Å²) in [5.41, 5.74) is 1.20. The van der Waals surface area contributed by atoms with E-state index in [1.54, 1.807) is 11.3 Å². The minimum absolute atomic E-state index is 0.371. The van der Waals surface area contributed by atoms with Gasteiger partial charge in [0.25, 0.3) is 0 Å². The number of nitrogens with zero attached hydrogens (tertiary/aromatic N) is 2. The van der Waals surface area contributed by atoms with Crippen molar-refractivity contribution in [3.8, 4) is 0 Å². The molecule has 1 aromatic heterocycles. The van der Waals surface area contributed by atoms with Crippen molar-refractivity contribution in [2.24, 2.45) is 0 Å². The lowest BCUT2D eigenvalue weighted by atomic mass is 10.3. The molecule has 0 aliphatic rings. The van der Waals surface area contributed by atoms with Crippen LogP contribution in [-0.4, -0.2) is 18.1 Å². The molecule has 0 saturated heterocycles. The number of thiazole rings is 1. The van der Waals surface area contributed by atoms with Crippen molar-refractivity contribution in [2.45, 2.75) is 33.2 Å². The number of benzene rings is 1. The standard InChI is InChI=1S/C16H23N3S/c1-4-11-17-13(3)15-12-18-16(20-15)19(5-2)14-9-7-6-8-10-14/h6-10,12-13,17H,4-5,11H2,1-3H3. The van der Waals surface area contributed by atoms with Gasteiger partial charge >= 0.3 is 0 Å². The maximum atomic E-state index is 4.60. The van der Waals surface area contributed by atoms with E-state index in [1.165, 1.54) is 10.6 Å². The fourth-order valence-electron chi connectivity index (χ4n) is 2.10. The lowest BCUT2D eigenvalue weighted by Crippen LogP contribution is -2.18. The minimum atomic E-state index is 0.371. The zero-order valence-corrected chi connectivity index (χ0v) is 13.3. The van der Waals surface area contributed by atoms with E-state index < -0.39 is 0 Å². The Labute approximate surface area is 125 Å². The Kier molecular flexibility index (Phi) is 5.56. The van der Waals surface area contributed by atoms with Gasteiger partial charge in [0.2, 0.25) is 0 Å². The Bertz CT molecular complexity index is 509. The van der Waals surface area contributed by atoms with Crippen molar-refractivity contribution in [1.82, 2.24) is 10.3 Å². The molecule has 3 nitrogen and oxygen atoms in total. The zero-order chi connectivity index (χ0) is 14.4. The largest absolute Gasteiger partial charge is 0.318 e. The van der Waals surface area contributed by atoms with Crippen molar-refractivity contribution in [1.29, 1.82) is 0 Å². The Hall–Kier alpha value is -1.39. The number of nitrogens with one attached hydrogen (secondary N) is 1. The Balaban J connectivity index is 2.14. The molecular formula is C16H23N3S. The summed E-state index contributed by atoms with van der Waals surface area (Å²) < 4.78 is 0. The molecule has 0 radical (unpaired) electrons. The van der Waals surface area contributed by atoms with Crippen LogP contribution in [0.15, 0.2) is 36.5 Å². The van der Waals surface area contributed by atoms with Crippen molar-refractivity contribution in [3.05, 3.63) is 41.4 Å². The van der Waals surface area contributed by atoms with Crippen LogP contribution in [0.25, 0.3) is 0 Å². The molecule has 0 aliphatic heterocycles. The van der Waals surface area contributed by atoms with E-state index in [4.69, 9.17) is 0 Å². The molecule has 1 unspecified atom stereocenters. The number of para-hydroxylation sites is 1. The molecule has 0 bridgehead atoms. The molecule has 0 fully saturated rings. The van der Waals surface area contributed by atoms with Crippen LogP contribution in [0.3, 0.4) is 0 Å². The molecule has 0 amide bonds. The van der Waals surface area contributed by atoms with Gasteiger partial charge in [0.15, 0.2) is 5.13 Å². The van der Waals surface area contributed by atoms with E-state index in [2.05, 4.69) is 60.2 Å². The number of hydrogen-bond acceptors (Lipinski definition) is 4. The molecular weight excluding hydrogens is 266 g/mol. The van der Waals surface area contributed by atoms with Gasteiger partial charge in [-0.25, -0.2) is 4.98 Å². The monoisotopic (exact) mass is 289 g/mol. The summed E-state index contributed by atoms with van der Waals surface area (Å²) in [5, 5.41) is 4.58. The van der Waals surface area contributed by atoms with Gasteiger partial charge in [-0.1, -0.05) is 36.5 Å². The first-order valence-electron chi connectivity index (χ1n) is 7.28. The predicted octanol–water partition coefficient (Wildman–Crippen LogP) is 4.36. The van der Waals surface area contributed by atoms with Gasteiger partial charge in [-0.05, 0) is 38.9 Å². The summed E-state index contributed by atoms with van der Waals surface area (Å²) in [4.78, 5) is 8.14. The summed E-state index contributed by atoms with van der Waals surface area (Å²) in [6.07, 6.45) is 3.15. The van der Waals surface area contributed by atoms with E-state index in [-0.39, 0.29) is 0 Å². The summed E-state index contributed by atoms with van der Waals surface area (Å²) in [6.45, 7) is 8.52. The molecule has 4 heteroatoms. The highest BCUT2D eigenvalue weighted by Gasteiger charge is 2.14. The van der Waals surface area contributed by atoms with Gasteiger partial charge < -0.3 is 10.2 Å². The van der Waals surface area contributed by atoms with E-state index in [0.29, 0.717) is 6.04 Å². The average Bonchev–Trinajstić information content (AvgIpc) is 2.96. The molecule has 1 aromatic carbocycles. The summed E-state index contributed by atoms with van der Waals surface area (Å²) in [7, 11) is 0. The third-order valence-corrected chi connectivity index (χ3v) is 4.46. The second-order valence-corrected chi connectivity index (χ2v) is 5.84. The zero-order valence-electron chi connectivity index (χ0n) is 12.5. The molecule has 1 heterocycles. The van der Waals surface area contributed by atoms with Crippen molar-refractivity contribution >= 4 is 22.2 Å². The SMILES string of the molecule is CCCNC(C)c1cnc(N(CC)c2ccccc2)s1. The molecule has 0 aliphatic carbocycles. The lowest BCUT2D eigenvalue weighted by Gasteiger charge is -2.19. The number of aromatic nitrogens is 1. The van der Waals surface area contributed by atoms with Gasteiger partial charge in [-0.3, -0.25) is 0 Å². The van der Waals surface area contributed by atoms with E-state index in [0.717, 1.165) is 24.6 Å². The molecule has 1 N–H and O–H groups in total. The Morgan fingerprint density at radius 1 is 1.25 bits per heavy atom. The molecule has 20 heavy (non-hydrogen) atoms. The normalized spacial score (nSPS) is 12.3. The third kappa shape index (κ3) is 3.58. The van der Waals surface area contributed by atoms with E-state index >= 15 is 0 Å². The third-order valence-electron chi connectivity index (χ3n) is 3.25. The average molecular weight is 289 g/mol. The molecule has 0 spiro atoms. The number of rotatable bonds is 7. The summed E-state index contributed by atoms with van der Waals surface area (Å²) >= 11 is 1.77. The van der Waals surface area contributed by atoms with Crippen LogP contribution in [0.2, 0.25) is 0 Å². The maximum Gasteiger partial charge on any atom is 0.190 e. The van der Waals surface area contributed by atoms with Crippen LogP contribution >= 0.6 is 11.3 Å². The highest BCUT2D eigenvalue weighted by atomic mass is 32.1. The molecule has 108 valence electrons. The molecule has 0 saturated carbocycles. The van der Waals surface area contributed by atoms with Gasteiger partial charge in [0.05, 0.1) is 0 Å². The second-order valence-electron chi connectivity index (χ2n) is 4.80. The fraction of sp³-hybridized carbons (Fsp3) is 0.438. The van der Waals surface area contributed by atoms with Gasteiger partial charge in [-0.2, -0.15) is 0 Å². The van der Waals surface area contributed by atoms with Crippen LogP contribution in [0.5, 0.6) is 0 Å². The van der Waals surface area contributed by atoms with Crippen molar-refractivity contribution < 1.29 is 0 Å². The summed E-state index contributed by atoms with van der Waals surface area (Å²) in [6, 6.07) is 10.8. The van der Waals surface area contributed by atoms with E-state index in [1.807, 2.05) is 12.3 Å². The molecule has 2 rings (SSSR count). The van der Waals surface area contributed by atoms with Crippen LogP contribution in [0, 0.1) is 0 Å². The first kappa shape index (κ1) is 15.0. The maximum absolute atomic E-state index is 4.60. The van der Waals surface area contributed by atoms with Crippen LogP contribution < -0.4 is 10.2 Å². The van der Waals surface area contributed by atoms with Crippen LogP contribution in [0.1, 0.15) is 38.1 Å². The van der Waals surface area contributed by atoms with Gasteiger partial charge in [-0.15, -0.1) is 0 Å². The van der Waals surface area contributed by atoms with Crippen molar-refractivity contribution in [3.63, 3.8) is 0 Å². The van der Waals surface area contributed by atoms with Gasteiger partial charge in [0.1, 0.15) is 0 Å². The Morgan fingerprint density at radius 3 is 2.65 bits per heavy atom.